The van der Waals surface area contributed by atoms with E-state index in [0.29, 0.717) is 11.9 Å². The van der Waals surface area contributed by atoms with E-state index >= 15 is 0 Å². The molecule has 0 saturated heterocycles. The molecule has 0 spiro atoms. The molecule has 0 fully saturated rings. The van der Waals surface area contributed by atoms with Crippen LogP contribution in [0.15, 0.2) is 54.0 Å². The van der Waals surface area contributed by atoms with Gasteiger partial charge in [0.2, 0.25) is 0 Å². The van der Waals surface area contributed by atoms with Gasteiger partial charge in [-0.05, 0) is 12.1 Å². The number of benzene rings is 1. The van der Waals surface area contributed by atoms with Gasteiger partial charge in [-0.3, -0.25) is 4.79 Å². The second-order valence-corrected chi connectivity index (χ2v) is 3.82. The fourth-order valence-corrected chi connectivity index (χ4v) is 2.11. The molecular formula is C13H11N3O. The summed E-state index contributed by atoms with van der Waals surface area (Å²) in [6.45, 7) is 4.40. The molecule has 84 valence electrons. The van der Waals surface area contributed by atoms with Crippen LogP contribution >= 0.6 is 0 Å². The van der Waals surface area contributed by atoms with E-state index in [1.807, 2.05) is 41.0 Å². The van der Waals surface area contributed by atoms with Gasteiger partial charge in [0, 0.05) is 12.6 Å². The molecule has 1 aromatic carbocycles. The van der Waals surface area contributed by atoms with Crippen molar-refractivity contribution in [2.45, 2.75) is 6.54 Å². The first-order chi connectivity index (χ1) is 8.33. The van der Waals surface area contributed by atoms with Crippen LogP contribution in [0, 0.1) is 0 Å². The van der Waals surface area contributed by atoms with Gasteiger partial charge in [-0.15, -0.1) is 6.58 Å². The van der Waals surface area contributed by atoms with E-state index in [0.717, 1.165) is 11.2 Å². The number of nitrogens with zero attached hydrogens (tertiary/aromatic N) is 3. The number of aromatic nitrogens is 3. The van der Waals surface area contributed by atoms with E-state index in [9.17, 15) is 4.79 Å². The molecule has 17 heavy (non-hydrogen) atoms. The van der Waals surface area contributed by atoms with E-state index in [2.05, 4.69) is 11.7 Å². The van der Waals surface area contributed by atoms with Crippen molar-refractivity contribution in [3.05, 3.63) is 59.5 Å². The molecule has 0 aliphatic rings. The minimum atomic E-state index is -0.0825. The Morgan fingerprint density at radius 2 is 2.12 bits per heavy atom. The second-order valence-electron chi connectivity index (χ2n) is 3.82. The Morgan fingerprint density at radius 1 is 1.29 bits per heavy atom. The molecule has 0 bridgehead atoms. The van der Waals surface area contributed by atoms with Gasteiger partial charge in [-0.1, -0.05) is 18.2 Å². The van der Waals surface area contributed by atoms with Gasteiger partial charge in [0.05, 0.1) is 17.1 Å². The van der Waals surface area contributed by atoms with E-state index in [1.54, 1.807) is 6.20 Å². The van der Waals surface area contributed by atoms with Crippen molar-refractivity contribution in [1.82, 2.24) is 14.2 Å². The fourth-order valence-electron chi connectivity index (χ4n) is 2.11. The average molecular weight is 225 g/mol. The summed E-state index contributed by atoms with van der Waals surface area (Å²) in [6.07, 6.45) is 3.44. The number of fused-ring (bicyclic) bond motifs is 2. The molecule has 4 heteroatoms. The Bertz CT molecular complexity index is 767. The summed E-state index contributed by atoms with van der Waals surface area (Å²) in [4.78, 5) is 12.2. The summed E-state index contributed by atoms with van der Waals surface area (Å²) in [5, 5.41) is 4.73. The molecule has 4 nitrogen and oxygen atoms in total. The topological polar surface area (TPSA) is 39.3 Å². The summed E-state index contributed by atoms with van der Waals surface area (Å²) in [6, 6.07) is 9.37. The van der Waals surface area contributed by atoms with Crippen LogP contribution < -0.4 is 5.56 Å². The van der Waals surface area contributed by atoms with E-state index in [4.69, 9.17) is 0 Å². The minimum Gasteiger partial charge on any atom is -0.322 e. The molecule has 0 atom stereocenters. The van der Waals surface area contributed by atoms with Crippen LogP contribution in [-0.4, -0.2) is 14.2 Å². The van der Waals surface area contributed by atoms with Gasteiger partial charge in [-0.2, -0.15) is 9.61 Å². The molecule has 2 heterocycles. The van der Waals surface area contributed by atoms with E-state index in [-0.39, 0.29) is 5.56 Å². The number of allylic oxidation sites excluding steroid dienone is 1. The second kappa shape index (κ2) is 3.59. The van der Waals surface area contributed by atoms with Gasteiger partial charge in [-0.25, -0.2) is 0 Å². The lowest BCUT2D eigenvalue weighted by molar-refractivity contribution is 0.814. The highest BCUT2D eigenvalue weighted by molar-refractivity contribution is 5.80. The molecular weight excluding hydrogens is 214 g/mol. The lowest BCUT2D eigenvalue weighted by Gasteiger charge is -2.10. The summed E-state index contributed by atoms with van der Waals surface area (Å²) in [5.74, 6) is 0. The molecule has 0 radical (unpaired) electrons. The van der Waals surface area contributed by atoms with Crippen molar-refractivity contribution in [1.29, 1.82) is 0 Å². The molecule has 0 aliphatic carbocycles. The van der Waals surface area contributed by atoms with Crippen LogP contribution in [0.1, 0.15) is 0 Å². The van der Waals surface area contributed by atoms with Crippen molar-refractivity contribution < 1.29 is 0 Å². The lowest BCUT2D eigenvalue weighted by atomic mass is 10.2. The van der Waals surface area contributed by atoms with Crippen molar-refractivity contribution in [2.75, 3.05) is 0 Å². The van der Waals surface area contributed by atoms with E-state index < -0.39 is 0 Å². The molecule has 0 N–H and O–H groups in total. The first-order valence-corrected chi connectivity index (χ1v) is 5.39. The van der Waals surface area contributed by atoms with Crippen molar-refractivity contribution in [3.63, 3.8) is 0 Å². The maximum atomic E-state index is 12.2. The SMILES string of the molecule is C=CCn1c2ccccc2c(=O)n2nccc12. The Hall–Kier alpha value is -2.36. The first kappa shape index (κ1) is 9.84. The predicted molar refractivity (Wildman–Crippen MR) is 67.2 cm³/mol. The highest BCUT2D eigenvalue weighted by Gasteiger charge is 2.09. The Balaban J connectivity index is 2.62. The van der Waals surface area contributed by atoms with Gasteiger partial charge in [0.15, 0.2) is 0 Å². The average Bonchev–Trinajstić information content (AvgIpc) is 2.84. The van der Waals surface area contributed by atoms with Crippen LogP contribution in [0.3, 0.4) is 0 Å². The predicted octanol–water partition coefficient (Wildman–Crippen LogP) is 1.84. The third kappa shape index (κ3) is 1.30. The van der Waals surface area contributed by atoms with Crippen molar-refractivity contribution in [3.8, 4) is 0 Å². The summed E-state index contributed by atoms with van der Waals surface area (Å²) >= 11 is 0. The maximum Gasteiger partial charge on any atom is 0.282 e. The fraction of sp³-hybridized carbons (Fsp3) is 0.0769. The zero-order valence-corrected chi connectivity index (χ0v) is 9.21. The first-order valence-electron chi connectivity index (χ1n) is 5.39. The highest BCUT2D eigenvalue weighted by atomic mass is 16.1. The molecule has 0 unspecified atom stereocenters. The molecule has 0 saturated carbocycles. The smallest absolute Gasteiger partial charge is 0.282 e. The minimum absolute atomic E-state index is 0.0825. The Kier molecular flexibility index (Phi) is 2.08. The van der Waals surface area contributed by atoms with Gasteiger partial charge in [0.25, 0.3) is 5.56 Å². The van der Waals surface area contributed by atoms with Crippen LogP contribution in [0.5, 0.6) is 0 Å². The number of hydrogen-bond acceptors (Lipinski definition) is 2. The summed E-state index contributed by atoms with van der Waals surface area (Å²) < 4.78 is 3.45. The van der Waals surface area contributed by atoms with Gasteiger partial charge < -0.3 is 4.57 Å². The standard InChI is InChI=1S/C13H11N3O/c1-2-9-15-11-6-4-3-5-10(11)13(17)16-12(15)7-8-14-16/h2-8H,1,9H2. The third-order valence-corrected chi connectivity index (χ3v) is 2.83. The Morgan fingerprint density at radius 3 is 2.94 bits per heavy atom. The van der Waals surface area contributed by atoms with Gasteiger partial charge >= 0.3 is 0 Å². The Labute approximate surface area is 97.4 Å². The van der Waals surface area contributed by atoms with Crippen LogP contribution in [-0.2, 0) is 6.54 Å². The van der Waals surface area contributed by atoms with Crippen LogP contribution in [0.25, 0.3) is 16.6 Å². The number of hydrogen-bond donors (Lipinski definition) is 0. The molecule has 3 aromatic rings. The number of rotatable bonds is 2. The zero-order chi connectivity index (χ0) is 11.8. The molecule has 3 rings (SSSR count). The lowest BCUT2D eigenvalue weighted by Crippen LogP contribution is -2.19. The highest BCUT2D eigenvalue weighted by Crippen LogP contribution is 2.13. The van der Waals surface area contributed by atoms with Gasteiger partial charge in [0.1, 0.15) is 5.65 Å². The summed E-state index contributed by atoms with van der Waals surface area (Å²) in [7, 11) is 0. The number of para-hydroxylation sites is 1. The normalized spacial score (nSPS) is 11.1. The van der Waals surface area contributed by atoms with Crippen molar-refractivity contribution in [2.24, 2.45) is 0 Å². The van der Waals surface area contributed by atoms with Crippen molar-refractivity contribution >= 4 is 16.6 Å². The molecule has 0 amide bonds. The van der Waals surface area contributed by atoms with E-state index in [1.165, 1.54) is 4.52 Å². The quantitative estimate of drug-likeness (QED) is 0.624. The maximum absolute atomic E-state index is 12.2. The largest absolute Gasteiger partial charge is 0.322 e. The summed E-state index contributed by atoms with van der Waals surface area (Å²) in [5.41, 5.74) is 1.61. The molecule has 0 aliphatic heterocycles. The zero-order valence-electron chi connectivity index (χ0n) is 9.21. The third-order valence-electron chi connectivity index (χ3n) is 2.83. The van der Waals surface area contributed by atoms with Crippen LogP contribution in [0.4, 0.5) is 0 Å². The molecule has 2 aromatic heterocycles. The van der Waals surface area contributed by atoms with Crippen LogP contribution in [0.2, 0.25) is 0 Å². The monoisotopic (exact) mass is 225 g/mol.